The summed E-state index contributed by atoms with van der Waals surface area (Å²) in [7, 11) is 0. The molecule has 1 aromatic carbocycles. The molecule has 1 aromatic rings. The van der Waals surface area contributed by atoms with Crippen LogP contribution in [0.3, 0.4) is 0 Å². The first-order chi connectivity index (χ1) is 8.65. The van der Waals surface area contributed by atoms with Gasteiger partial charge in [-0.05, 0) is 43.4 Å². The number of carbonyl (C=O) groups is 1. The molecule has 18 heavy (non-hydrogen) atoms. The van der Waals surface area contributed by atoms with Crippen LogP contribution in [0.15, 0.2) is 24.3 Å². The highest BCUT2D eigenvalue weighted by atomic mass is 35.5. The summed E-state index contributed by atoms with van der Waals surface area (Å²) in [5, 5.41) is 4.28. The zero-order valence-electron chi connectivity index (χ0n) is 10.4. The molecule has 0 atom stereocenters. The summed E-state index contributed by atoms with van der Waals surface area (Å²) in [4.78, 5) is 11.1. The molecule has 0 bridgehead atoms. The van der Waals surface area contributed by atoms with Crippen LogP contribution in [0, 0.1) is 5.92 Å². The average molecular weight is 267 g/mol. The van der Waals surface area contributed by atoms with Crippen molar-refractivity contribution in [3.63, 3.8) is 0 Å². The van der Waals surface area contributed by atoms with Crippen molar-refractivity contribution < 1.29 is 4.79 Å². The van der Waals surface area contributed by atoms with Gasteiger partial charge in [-0.1, -0.05) is 23.7 Å². The van der Waals surface area contributed by atoms with E-state index in [2.05, 4.69) is 11.4 Å². The minimum atomic E-state index is -0.150. The van der Waals surface area contributed by atoms with Crippen LogP contribution >= 0.6 is 11.6 Å². The topological polar surface area (TPSA) is 55.1 Å². The molecular weight excluding hydrogens is 248 g/mol. The van der Waals surface area contributed by atoms with E-state index in [1.165, 1.54) is 5.56 Å². The fourth-order valence-electron chi connectivity index (χ4n) is 2.49. The molecule has 0 aromatic heterocycles. The normalized spacial score (nSPS) is 23.8. The molecule has 0 heterocycles. The number of carbonyl (C=O) groups excluding carboxylic acids is 1. The molecule has 0 saturated heterocycles. The van der Waals surface area contributed by atoms with Gasteiger partial charge in [-0.15, -0.1) is 0 Å². The van der Waals surface area contributed by atoms with Crippen LogP contribution in [-0.4, -0.2) is 11.9 Å². The van der Waals surface area contributed by atoms with Crippen LogP contribution in [-0.2, 0) is 11.3 Å². The maximum atomic E-state index is 11.1. The average Bonchev–Trinajstić information content (AvgIpc) is 2.37. The Labute approximate surface area is 113 Å². The number of primary amides is 1. The first-order valence-electron chi connectivity index (χ1n) is 6.42. The Hall–Kier alpha value is -1.06. The summed E-state index contributed by atoms with van der Waals surface area (Å²) >= 11 is 5.94. The lowest BCUT2D eigenvalue weighted by Gasteiger charge is -2.27. The second-order valence-electron chi connectivity index (χ2n) is 4.96. The second-order valence-corrected chi connectivity index (χ2v) is 5.40. The summed E-state index contributed by atoms with van der Waals surface area (Å²) in [6.45, 7) is 0.826. The van der Waals surface area contributed by atoms with Gasteiger partial charge < -0.3 is 11.1 Å². The predicted molar refractivity (Wildman–Crippen MR) is 73.2 cm³/mol. The molecular formula is C14H19ClN2O. The molecule has 1 saturated carbocycles. The molecule has 3 N–H and O–H groups in total. The van der Waals surface area contributed by atoms with E-state index in [1.54, 1.807) is 0 Å². The van der Waals surface area contributed by atoms with E-state index in [1.807, 2.05) is 18.2 Å². The molecule has 4 heteroatoms. The smallest absolute Gasteiger partial charge is 0.220 e. The van der Waals surface area contributed by atoms with Crippen molar-refractivity contribution in [2.45, 2.75) is 38.3 Å². The Kier molecular flexibility index (Phi) is 4.61. The number of benzene rings is 1. The minimum absolute atomic E-state index is 0.0780. The van der Waals surface area contributed by atoms with E-state index in [4.69, 9.17) is 17.3 Å². The van der Waals surface area contributed by atoms with Gasteiger partial charge in [0, 0.05) is 23.5 Å². The lowest BCUT2D eigenvalue weighted by Crippen LogP contribution is -2.36. The summed E-state index contributed by atoms with van der Waals surface area (Å²) < 4.78 is 0. The van der Waals surface area contributed by atoms with Crippen LogP contribution < -0.4 is 11.1 Å². The molecule has 1 fully saturated rings. The molecule has 0 unspecified atom stereocenters. The summed E-state index contributed by atoms with van der Waals surface area (Å²) in [6, 6.07) is 8.36. The Morgan fingerprint density at radius 1 is 1.33 bits per heavy atom. The Bertz CT molecular complexity index is 414. The first kappa shape index (κ1) is 13.4. The quantitative estimate of drug-likeness (QED) is 0.880. The number of amides is 1. The van der Waals surface area contributed by atoms with Crippen molar-refractivity contribution in [1.29, 1.82) is 0 Å². The monoisotopic (exact) mass is 266 g/mol. The largest absolute Gasteiger partial charge is 0.369 e. The van der Waals surface area contributed by atoms with Gasteiger partial charge in [-0.3, -0.25) is 4.79 Å². The van der Waals surface area contributed by atoms with Crippen molar-refractivity contribution in [3.8, 4) is 0 Å². The van der Waals surface area contributed by atoms with Gasteiger partial charge in [0.1, 0.15) is 0 Å². The van der Waals surface area contributed by atoms with Gasteiger partial charge in [0.2, 0.25) is 5.91 Å². The minimum Gasteiger partial charge on any atom is -0.369 e. The van der Waals surface area contributed by atoms with Gasteiger partial charge in [-0.25, -0.2) is 0 Å². The predicted octanol–water partition coefficient (Wildman–Crippen LogP) is 2.47. The molecule has 0 spiro atoms. The van der Waals surface area contributed by atoms with Crippen LogP contribution in [0.4, 0.5) is 0 Å². The number of nitrogens with one attached hydrogen (secondary N) is 1. The van der Waals surface area contributed by atoms with Gasteiger partial charge in [0.15, 0.2) is 0 Å². The molecule has 0 radical (unpaired) electrons. The lowest BCUT2D eigenvalue weighted by molar-refractivity contribution is -0.122. The van der Waals surface area contributed by atoms with Crippen molar-refractivity contribution in [2.24, 2.45) is 11.7 Å². The summed E-state index contributed by atoms with van der Waals surface area (Å²) in [5.74, 6) is -0.0717. The zero-order chi connectivity index (χ0) is 13.0. The van der Waals surface area contributed by atoms with E-state index in [-0.39, 0.29) is 11.8 Å². The first-order valence-corrected chi connectivity index (χ1v) is 6.80. The van der Waals surface area contributed by atoms with Crippen LogP contribution in [0.5, 0.6) is 0 Å². The van der Waals surface area contributed by atoms with Crippen molar-refractivity contribution in [1.82, 2.24) is 5.32 Å². The van der Waals surface area contributed by atoms with E-state index in [0.29, 0.717) is 6.04 Å². The number of nitrogens with two attached hydrogens (primary N) is 1. The van der Waals surface area contributed by atoms with Crippen LogP contribution in [0.1, 0.15) is 31.2 Å². The Morgan fingerprint density at radius 2 is 2.06 bits per heavy atom. The Balaban J connectivity index is 1.77. The fraction of sp³-hybridized carbons (Fsp3) is 0.500. The highest BCUT2D eigenvalue weighted by molar-refractivity contribution is 6.30. The summed E-state index contributed by atoms with van der Waals surface area (Å²) in [5.41, 5.74) is 6.51. The fourth-order valence-corrected chi connectivity index (χ4v) is 2.70. The SMILES string of the molecule is NC(=O)C1CCC(NCc2cccc(Cl)c2)CC1. The van der Waals surface area contributed by atoms with E-state index in [9.17, 15) is 4.79 Å². The van der Waals surface area contributed by atoms with Gasteiger partial charge in [0.25, 0.3) is 0 Å². The second kappa shape index (κ2) is 6.21. The van der Waals surface area contributed by atoms with Crippen molar-refractivity contribution in [2.75, 3.05) is 0 Å². The van der Waals surface area contributed by atoms with E-state index >= 15 is 0 Å². The van der Waals surface area contributed by atoms with Crippen molar-refractivity contribution in [3.05, 3.63) is 34.9 Å². The van der Waals surface area contributed by atoms with Gasteiger partial charge in [-0.2, -0.15) is 0 Å². The zero-order valence-corrected chi connectivity index (χ0v) is 11.1. The third kappa shape index (κ3) is 3.72. The standard InChI is InChI=1S/C14H19ClN2O/c15-12-3-1-2-10(8-12)9-17-13-6-4-11(5-7-13)14(16)18/h1-3,8,11,13,17H,4-7,9H2,(H2,16,18). The third-order valence-corrected chi connectivity index (χ3v) is 3.85. The van der Waals surface area contributed by atoms with Gasteiger partial charge in [0.05, 0.1) is 0 Å². The van der Waals surface area contributed by atoms with Crippen LogP contribution in [0.25, 0.3) is 0 Å². The van der Waals surface area contributed by atoms with E-state index in [0.717, 1.165) is 37.3 Å². The van der Waals surface area contributed by atoms with Crippen LogP contribution in [0.2, 0.25) is 5.02 Å². The van der Waals surface area contributed by atoms with Crippen molar-refractivity contribution >= 4 is 17.5 Å². The molecule has 2 rings (SSSR count). The van der Waals surface area contributed by atoms with Gasteiger partial charge >= 0.3 is 0 Å². The molecule has 0 aliphatic heterocycles. The number of hydrogen-bond donors (Lipinski definition) is 2. The molecule has 3 nitrogen and oxygen atoms in total. The lowest BCUT2D eigenvalue weighted by atomic mass is 9.85. The molecule has 1 amide bonds. The highest BCUT2D eigenvalue weighted by Crippen LogP contribution is 2.24. The molecule has 1 aliphatic rings. The number of hydrogen-bond acceptors (Lipinski definition) is 2. The third-order valence-electron chi connectivity index (χ3n) is 3.61. The number of rotatable bonds is 4. The maximum absolute atomic E-state index is 11.1. The Morgan fingerprint density at radius 3 is 2.67 bits per heavy atom. The summed E-state index contributed by atoms with van der Waals surface area (Å²) in [6.07, 6.45) is 3.85. The molecule has 98 valence electrons. The number of halogens is 1. The maximum Gasteiger partial charge on any atom is 0.220 e. The highest BCUT2D eigenvalue weighted by Gasteiger charge is 2.24. The molecule has 1 aliphatic carbocycles. The van der Waals surface area contributed by atoms with E-state index < -0.39 is 0 Å².